The van der Waals surface area contributed by atoms with E-state index in [1.807, 2.05) is 19.0 Å². The molecule has 1 N–H and O–H groups in total. The maximum atomic E-state index is 10.9. The van der Waals surface area contributed by atoms with Gasteiger partial charge in [-0.05, 0) is 26.6 Å². The van der Waals surface area contributed by atoms with Crippen LogP contribution in [0, 0.1) is 10.1 Å². The molecule has 0 radical (unpaired) electrons. The lowest BCUT2D eigenvalue weighted by atomic mass is 10.1. The average Bonchev–Trinajstić information content (AvgIpc) is 2.42. The Kier molecular flexibility index (Phi) is 6.20. The standard InChI is InChI=1S/C13H20N2O5/c1-14(2)5-4-6-20-13-8-11(15(17)18)10(9-16)7-12(13)19-3/h7-8,16H,4-6,9H2,1-3H3. The molecule has 0 atom stereocenters. The lowest BCUT2D eigenvalue weighted by molar-refractivity contribution is -0.385. The topological polar surface area (TPSA) is 85.1 Å². The number of hydrogen-bond donors (Lipinski definition) is 1. The Morgan fingerprint density at radius 2 is 2.05 bits per heavy atom. The Morgan fingerprint density at radius 3 is 2.55 bits per heavy atom. The van der Waals surface area contributed by atoms with Crippen LogP contribution in [-0.4, -0.2) is 49.3 Å². The molecule has 0 saturated heterocycles. The van der Waals surface area contributed by atoms with Crippen molar-refractivity contribution in [2.75, 3.05) is 34.4 Å². The molecule has 0 aliphatic rings. The van der Waals surface area contributed by atoms with Crippen LogP contribution >= 0.6 is 0 Å². The molecule has 7 nitrogen and oxygen atoms in total. The molecule has 0 unspecified atom stereocenters. The first-order valence-corrected chi connectivity index (χ1v) is 6.23. The highest BCUT2D eigenvalue weighted by molar-refractivity contribution is 5.54. The van der Waals surface area contributed by atoms with E-state index in [0.29, 0.717) is 18.1 Å². The zero-order valence-corrected chi connectivity index (χ0v) is 12.0. The number of benzene rings is 1. The van der Waals surface area contributed by atoms with Gasteiger partial charge in [0, 0.05) is 6.54 Å². The van der Waals surface area contributed by atoms with Crippen LogP contribution in [0.25, 0.3) is 0 Å². The van der Waals surface area contributed by atoms with Crippen LogP contribution in [0.3, 0.4) is 0 Å². The minimum absolute atomic E-state index is 0.170. The zero-order valence-electron chi connectivity index (χ0n) is 12.0. The van der Waals surface area contributed by atoms with Gasteiger partial charge < -0.3 is 19.5 Å². The van der Waals surface area contributed by atoms with Crippen molar-refractivity contribution in [1.82, 2.24) is 4.90 Å². The second-order valence-corrected chi connectivity index (χ2v) is 4.55. The predicted molar refractivity (Wildman–Crippen MR) is 74.2 cm³/mol. The minimum Gasteiger partial charge on any atom is -0.493 e. The highest BCUT2D eigenvalue weighted by atomic mass is 16.6. The van der Waals surface area contributed by atoms with Crippen LogP contribution in [0.1, 0.15) is 12.0 Å². The van der Waals surface area contributed by atoms with Gasteiger partial charge >= 0.3 is 0 Å². The number of nitrogens with zero attached hydrogens (tertiary/aromatic N) is 2. The first kappa shape index (κ1) is 16.2. The van der Waals surface area contributed by atoms with Crippen molar-refractivity contribution in [2.45, 2.75) is 13.0 Å². The fraction of sp³-hybridized carbons (Fsp3) is 0.538. The van der Waals surface area contributed by atoms with Crippen molar-refractivity contribution in [3.05, 3.63) is 27.8 Å². The van der Waals surface area contributed by atoms with E-state index >= 15 is 0 Å². The quantitative estimate of drug-likeness (QED) is 0.441. The van der Waals surface area contributed by atoms with Gasteiger partial charge in [0.25, 0.3) is 5.69 Å². The average molecular weight is 284 g/mol. The molecule has 0 aromatic heterocycles. The van der Waals surface area contributed by atoms with Crippen molar-refractivity contribution in [3.8, 4) is 11.5 Å². The summed E-state index contributed by atoms with van der Waals surface area (Å²) >= 11 is 0. The summed E-state index contributed by atoms with van der Waals surface area (Å²) in [6, 6.07) is 2.72. The molecule has 0 fully saturated rings. The molecule has 7 heteroatoms. The molecule has 20 heavy (non-hydrogen) atoms. The number of nitro groups is 1. The molecule has 1 aromatic carbocycles. The van der Waals surface area contributed by atoms with Gasteiger partial charge in [-0.3, -0.25) is 10.1 Å². The monoisotopic (exact) mass is 284 g/mol. The molecular weight excluding hydrogens is 264 g/mol. The normalized spacial score (nSPS) is 10.7. The molecule has 0 saturated carbocycles. The van der Waals surface area contributed by atoms with E-state index < -0.39 is 11.5 Å². The minimum atomic E-state index is -0.544. The maximum Gasteiger partial charge on any atom is 0.278 e. The summed E-state index contributed by atoms with van der Waals surface area (Å²) in [7, 11) is 5.37. The van der Waals surface area contributed by atoms with Crippen molar-refractivity contribution in [1.29, 1.82) is 0 Å². The predicted octanol–water partition coefficient (Wildman–Crippen LogP) is 1.43. The van der Waals surface area contributed by atoms with Crippen LogP contribution in [0.5, 0.6) is 11.5 Å². The number of hydrogen-bond acceptors (Lipinski definition) is 6. The van der Waals surface area contributed by atoms with Gasteiger partial charge in [0.05, 0.1) is 36.9 Å². The lowest BCUT2D eigenvalue weighted by Gasteiger charge is -2.13. The number of ether oxygens (including phenoxy) is 2. The van der Waals surface area contributed by atoms with E-state index in [1.54, 1.807) is 0 Å². The summed E-state index contributed by atoms with van der Waals surface area (Å²) in [5.41, 5.74) is 0.0309. The highest BCUT2D eigenvalue weighted by Gasteiger charge is 2.19. The van der Waals surface area contributed by atoms with Crippen molar-refractivity contribution in [2.24, 2.45) is 0 Å². The van der Waals surface area contributed by atoms with Gasteiger partial charge in [-0.2, -0.15) is 0 Å². The SMILES string of the molecule is COc1cc(CO)c([N+](=O)[O-])cc1OCCCN(C)C. The Balaban J connectivity index is 2.88. The Hall–Kier alpha value is -1.86. The van der Waals surface area contributed by atoms with Gasteiger partial charge in [-0.1, -0.05) is 0 Å². The smallest absolute Gasteiger partial charge is 0.278 e. The Morgan fingerprint density at radius 1 is 1.35 bits per heavy atom. The van der Waals surface area contributed by atoms with E-state index in [4.69, 9.17) is 14.6 Å². The number of rotatable bonds is 8. The largest absolute Gasteiger partial charge is 0.493 e. The van der Waals surface area contributed by atoms with Gasteiger partial charge in [-0.25, -0.2) is 0 Å². The van der Waals surface area contributed by atoms with Crippen molar-refractivity contribution < 1.29 is 19.5 Å². The Labute approximate surface area is 117 Å². The molecule has 0 spiro atoms. The van der Waals surface area contributed by atoms with E-state index in [2.05, 4.69) is 0 Å². The van der Waals surface area contributed by atoms with Crippen LogP contribution < -0.4 is 9.47 Å². The number of nitro benzene ring substituents is 1. The number of aliphatic hydroxyl groups is 1. The molecule has 0 aliphatic heterocycles. The lowest BCUT2D eigenvalue weighted by Crippen LogP contribution is -2.15. The van der Waals surface area contributed by atoms with Gasteiger partial charge in [0.1, 0.15) is 0 Å². The summed E-state index contributed by atoms with van der Waals surface area (Å²) in [5, 5.41) is 20.1. The molecule has 0 amide bonds. The fourth-order valence-electron chi connectivity index (χ4n) is 1.72. The van der Waals surface area contributed by atoms with E-state index in [1.165, 1.54) is 19.2 Å². The number of methoxy groups -OCH3 is 1. The number of aliphatic hydroxyl groups excluding tert-OH is 1. The first-order chi connectivity index (χ1) is 9.49. The van der Waals surface area contributed by atoms with Crippen LogP contribution in [0.15, 0.2) is 12.1 Å². The summed E-state index contributed by atoms with van der Waals surface area (Å²) < 4.78 is 10.7. The maximum absolute atomic E-state index is 10.9. The third kappa shape index (κ3) is 4.36. The molecule has 1 aromatic rings. The molecule has 1 rings (SSSR count). The van der Waals surface area contributed by atoms with Crippen LogP contribution in [0.2, 0.25) is 0 Å². The highest BCUT2D eigenvalue weighted by Crippen LogP contribution is 2.34. The first-order valence-electron chi connectivity index (χ1n) is 6.23. The Bertz CT molecular complexity index is 462. The third-order valence-corrected chi connectivity index (χ3v) is 2.74. The molecule has 0 bridgehead atoms. The van der Waals surface area contributed by atoms with E-state index in [-0.39, 0.29) is 11.3 Å². The summed E-state index contributed by atoms with van der Waals surface area (Å²) in [6.07, 6.45) is 0.797. The summed E-state index contributed by atoms with van der Waals surface area (Å²) in [4.78, 5) is 12.4. The molecular formula is C13H20N2O5. The second-order valence-electron chi connectivity index (χ2n) is 4.55. The van der Waals surface area contributed by atoms with Crippen molar-refractivity contribution >= 4 is 5.69 Å². The summed E-state index contributed by atoms with van der Waals surface area (Å²) in [5.74, 6) is 0.694. The fourth-order valence-corrected chi connectivity index (χ4v) is 1.72. The molecule has 112 valence electrons. The zero-order chi connectivity index (χ0) is 15.1. The van der Waals surface area contributed by atoms with Crippen LogP contribution in [-0.2, 0) is 6.61 Å². The van der Waals surface area contributed by atoms with E-state index in [9.17, 15) is 10.1 Å². The van der Waals surface area contributed by atoms with E-state index in [0.717, 1.165) is 13.0 Å². The molecule has 0 heterocycles. The van der Waals surface area contributed by atoms with Crippen molar-refractivity contribution in [3.63, 3.8) is 0 Å². The second kappa shape index (κ2) is 7.66. The summed E-state index contributed by atoms with van der Waals surface area (Å²) in [6.45, 7) is 0.872. The molecule has 0 aliphatic carbocycles. The van der Waals surface area contributed by atoms with Gasteiger partial charge in [-0.15, -0.1) is 0 Å². The van der Waals surface area contributed by atoms with Crippen LogP contribution in [0.4, 0.5) is 5.69 Å². The van der Waals surface area contributed by atoms with Gasteiger partial charge in [0.15, 0.2) is 11.5 Å². The van der Waals surface area contributed by atoms with Gasteiger partial charge in [0.2, 0.25) is 0 Å². The third-order valence-electron chi connectivity index (χ3n) is 2.74.